The topological polar surface area (TPSA) is 84.0 Å². The van der Waals surface area contributed by atoms with Crippen LogP contribution in [0.5, 0.6) is 0 Å². The molecule has 2 aromatic carbocycles. The Kier molecular flexibility index (Phi) is 4.55. The van der Waals surface area contributed by atoms with Crippen molar-refractivity contribution in [1.82, 2.24) is 10.2 Å². The van der Waals surface area contributed by atoms with Crippen molar-refractivity contribution in [2.24, 2.45) is 0 Å². The number of fused-ring (bicyclic) bond motifs is 1. The fourth-order valence-electron chi connectivity index (χ4n) is 2.42. The first-order valence-corrected chi connectivity index (χ1v) is 9.15. The van der Waals surface area contributed by atoms with Crippen molar-refractivity contribution in [2.45, 2.75) is 11.8 Å². The molecule has 0 saturated heterocycles. The minimum Gasteiger partial charge on any atom is -0.385 e. The van der Waals surface area contributed by atoms with Crippen LogP contribution < -0.4 is 10.0 Å². The molecule has 0 bridgehead atoms. The van der Waals surface area contributed by atoms with E-state index >= 15 is 0 Å². The number of nitrogens with one attached hydrogen (secondary N) is 2. The normalized spacial score (nSPS) is 11.4. The van der Waals surface area contributed by atoms with Crippen molar-refractivity contribution in [1.29, 1.82) is 0 Å². The summed E-state index contributed by atoms with van der Waals surface area (Å²) in [5.74, 6) is 0.110. The second kappa shape index (κ2) is 6.62. The van der Waals surface area contributed by atoms with Gasteiger partial charge in [0.25, 0.3) is 10.0 Å². The van der Waals surface area contributed by atoms with Crippen molar-refractivity contribution in [3.8, 4) is 0 Å². The van der Waals surface area contributed by atoms with E-state index in [0.717, 1.165) is 17.6 Å². The van der Waals surface area contributed by atoms with Crippen molar-refractivity contribution < 1.29 is 8.42 Å². The molecule has 0 spiro atoms. The molecule has 6 nitrogen and oxygen atoms in total. The number of anilines is 2. The Morgan fingerprint density at radius 3 is 2.46 bits per heavy atom. The van der Waals surface area contributed by atoms with Gasteiger partial charge >= 0.3 is 0 Å². The summed E-state index contributed by atoms with van der Waals surface area (Å²) in [6.45, 7) is 2.73. The van der Waals surface area contributed by atoms with Gasteiger partial charge in [0.15, 0.2) is 11.0 Å². The Hall–Kier alpha value is -2.38. The number of sulfonamides is 1. The van der Waals surface area contributed by atoms with E-state index < -0.39 is 10.0 Å². The Morgan fingerprint density at radius 2 is 1.75 bits per heavy atom. The summed E-state index contributed by atoms with van der Waals surface area (Å²) in [7, 11) is -3.81. The monoisotopic (exact) mass is 362 g/mol. The van der Waals surface area contributed by atoms with Gasteiger partial charge in [-0.25, -0.2) is 8.42 Å². The lowest BCUT2D eigenvalue weighted by Gasteiger charge is -2.12. The molecule has 124 valence electrons. The van der Waals surface area contributed by atoms with E-state index in [1.54, 1.807) is 18.2 Å². The first-order chi connectivity index (χ1) is 11.5. The highest BCUT2D eigenvalue weighted by atomic mass is 35.5. The number of rotatable bonds is 5. The molecule has 8 heteroatoms. The van der Waals surface area contributed by atoms with Crippen LogP contribution in [0.25, 0.3) is 10.8 Å². The minimum atomic E-state index is -3.81. The predicted molar refractivity (Wildman–Crippen MR) is 96.0 cm³/mol. The van der Waals surface area contributed by atoms with E-state index in [1.165, 1.54) is 12.1 Å². The first-order valence-electron chi connectivity index (χ1n) is 7.29. The van der Waals surface area contributed by atoms with E-state index in [4.69, 9.17) is 11.6 Å². The van der Waals surface area contributed by atoms with E-state index in [0.29, 0.717) is 5.39 Å². The molecule has 24 heavy (non-hydrogen) atoms. The van der Waals surface area contributed by atoms with Crippen LogP contribution >= 0.6 is 11.6 Å². The second-order valence-corrected chi connectivity index (χ2v) is 7.07. The van der Waals surface area contributed by atoms with Gasteiger partial charge in [-0.3, -0.25) is 4.72 Å². The smallest absolute Gasteiger partial charge is 0.263 e. The van der Waals surface area contributed by atoms with Gasteiger partial charge in [0.1, 0.15) is 0 Å². The van der Waals surface area contributed by atoms with Crippen LogP contribution in [-0.2, 0) is 10.0 Å². The zero-order valence-electron chi connectivity index (χ0n) is 12.8. The molecule has 0 aliphatic carbocycles. The lowest BCUT2D eigenvalue weighted by Crippen LogP contribution is -2.14. The predicted octanol–water partition coefficient (Wildman–Crippen LogP) is 3.52. The van der Waals surface area contributed by atoms with Gasteiger partial charge in [-0.05, 0) is 31.2 Å². The summed E-state index contributed by atoms with van der Waals surface area (Å²) < 4.78 is 27.9. The summed E-state index contributed by atoms with van der Waals surface area (Å²) in [6, 6.07) is 13.6. The lowest BCUT2D eigenvalue weighted by atomic mass is 10.1. The van der Waals surface area contributed by atoms with Gasteiger partial charge in [0, 0.05) is 23.0 Å². The van der Waals surface area contributed by atoms with E-state index in [2.05, 4.69) is 20.2 Å². The molecule has 0 unspecified atom stereocenters. The van der Waals surface area contributed by atoms with Gasteiger partial charge in [-0.1, -0.05) is 35.9 Å². The van der Waals surface area contributed by atoms with Crippen LogP contribution in [0.3, 0.4) is 0 Å². The third-order valence-corrected chi connectivity index (χ3v) is 5.02. The average Bonchev–Trinajstić information content (AvgIpc) is 2.57. The summed E-state index contributed by atoms with van der Waals surface area (Å²) in [5.41, 5.74) is 0.887. The molecule has 1 heterocycles. The standard InChI is InChI=1S/C16H15ClN4O2S/c1-2-18-13-7-3-6-12-11(13)5-4-8-14(12)24(22,23)21-16-10-9-15(17)19-20-16/h3-10,18H,2H2,1H3,(H,20,21). The van der Waals surface area contributed by atoms with E-state index in [1.807, 2.05) is 25.1 Å². The Balaban J connectivity index is 2.07. The second-order valence-electron chi connectivity index (χ2n) is 5.03. The van der Waals surface area contributed by atoms with Crippen LogP contribution in [0.1, 0.15) is 6.92 Å². The summed E-state index contributed by atoms with van der Waals surface area (Å²) in [6.07, 6.45) is 0. The van der Waals surface area contributed by atoms with E-state index in [9.17, 15) is 8.42 Å². The quantitative estimate of drug-likeness (QED) is 0.725. The highest BCUT2D eigenvalue weighted by Gasteiger charge is 2.19. The van der Waals surface area contributed by atoms with Crippen LogP contribution in [0.4, 0.5) is 11.5 Å². The molecule has 0 saturated carbocycles. The highest BCUT2D eigenvalue weighted by Crippen LogP contribution is 2.29. The largest absolute Gasteiger partial charge is 0.385 e. The number of benzene rings is 2. The van der Waals surface area contributed by atoms with Crippen LogP contribution in [0, 0.1) is 0 Å². The summed E-state index contributed by atoms with van der Waals surface area (Å²) in [5, 5.41) is 12.3. The maximum atomic E-state index is 12.7. The molecule has 0 aliphatic heterocycles. The van der Waals surface area contributed by atoms with Crippen molar-refractivity contribution in [3.05, 3.63) is 53.7 Å². The lowest BCUT2D eigenvalue weighted by molar-refractivity contribution is 0.601. The third-order valence-electron chi connectivity index (χ3n) is 3.41. The van der Waals surface area contributed by atoms with Crippen LogP contribution in [0.2, 0.25) is 5.15 Å². The minimum absolute atomic E-state index is 0.110. The van der Waals surface area contributed by atoms with Crippen molar-refractivity contribution in [2.75, 3.05) is 16.6 Å². The molecule has 0 aliphatic rings. The van der Waals surface area contributed by atoms with Crippen molar-refractivity contribution >= 4 is 43.9 Å². The zero-order valence-corrected chi connectivity index (χ0v) is 14.4. The molecule has 0 radical (unpaired) electrons. The number of aromatic nitrogens is 2. The Bertz CT molecular complexity index is 975. The number of halogens is 1. The van der Waals surface area contributed by atoms with Crippen LogP contribution in [0.15, 0.2) is 53.4 Å². The van der Waals surface area contributed by atoms with Crippen LogP contribution in [-0.4, -0.2) is 25.2 Å². The fourth-order valence-corrected chi connectivity index (χ4v) is 3.74. The molecule has 0 amide bonds. The van der Waals surface area contributed by atoms with Gasteiger partial charge in [0.05, 0.1) is 4.90 Å². The summed E-state index contributed by atoms with van der Waals surface area (Å²) in [4.78, 5) is 0.177. The maximum absolute atomic E-state index is 12.7. The highest BCUT2D eigenvalue weighted by molar-refractivity contribution is 7.93. The molecular weight excluding hydrogens is 348 g/mol. The van der Waals surface area contributed by atoms with Crippen molar-refractivity contribution in [3.63, 3.8) is 0 Å². The third kappa shape index (κ3) is 3.27. The first kappa shape index (κ1) is 16.5. The molecule has 0 fully saturated rings. The average molecular weight is 363 g/mol. The van der Waals surface area contributed by atoms with Gasteiger partial charge in [-0.2, -0.15) is 0 Å². The van der Waals surface area contributed by atoms with Gasteiger partial charge < -0.3 is 5.32 Å². The molecule has 3 aromatic rings. The number of hydrogen-bond acceptors (Lipinski definition) is 5. The number of nitrogens with zero attached hydrogens (tertiary/aromatic N) is 2. The van der Waals surface area contributed by atoms with Gasteiger partial charge in [0.2, 0.25) is 0 Å². The van der Waals surface area contributed by atoms with E-state index in [-0.39, 0.29) is 15.9 Å². The molecule has 0 atom stereocenters. The van der Waals surface area contributed by atoms with Gasteiger partial charge in [-0.15, -0.1) is 10.2 Å². The number of hydrogen-bond donors (Lipinski definition) is 2. The molecule has 3 rings (SSSR count). The zero-order chi connectivity index (χ0) is 17.2. The summed E-state index contributed by atoms with van der Waals surface area (Å²) >= 11 is 5.67. The maximum Gasteiger partial charge on any atom is 0.263 e. The molecule has 1 aromatic heterocycles. The molecule has 2 N–H and O–H groups in total. The fraction of sp³-hybridized carbons (Fsp3) is 0.125. The SMILES string of the molecule is CCNc1cccc2c(S(=O)(=O)Nc3ccc(Cl)nn3)cccc12. The Labute approximate surface area is 144 Å². The Morgan fingerprint density at radius 1 is 1.00 bits per heavy atom. The molecular formula is C16H15ClN4O2S.